The summed E-state index contributed by atoms with van der Waals surface area (Å²) in [5.41, 5.74) is 3.28. The Morgan fingerprint density at radius 2 is 2.15 bits per heavy atom. The van der Waals surface area contributed by atoms with E-state index < -0.39 is 5.92 Å². The zero-order chi connectivity index (χ0) is 8.72. The van der Waals surface area contributed by atoms with Gasteiger partial charge in [0.1, 0.15) is 5.92 Å². The number of amides is 1. The highest BCUT2D eigenvalue weighted by atomic mass is 35.5. The fourth-order valence-corrected chi connectivity index (χ4v) is 1.44. The summed E-state index contributed by atoms with van der Waals surface area (Å²) in [5.74, 6) is -0.993. The molecule has 1 fully saturated rings. The number of ketones is 1. The first-order chi connectivity index (χ1) is 5.70. The lowest BCUT2D eigenvalue weighted by atomic mass is 9.96. The molecule has 4 nitrogen and oxygen atoms in total. The molecule has 1 saturated heterocycles. The molecule has 1 aliphatic heterocycles. The predicted molar refractivity (Wildman–Crippen MR) is 48.9 cm³/mol. The quantitative estimate of drug-likeness (QED) is 0.561. The molecule has 2 aliphatic rings. The fraction of sp³-hybridized carbons (Fsp3) is 0.250. The van der Waals surface area contributed by atoms with E-state index in [1.54, 1.807) is 24.2 Å². The molecule has 2 rings (SSSR count). The van der Waals surface area contributed by atoms with Crippen molar-refractivity contribution >= 4 is 24.1 Å². The molecular formula is C8H9ClN2O2. The Morgan fingerprint density at radius 1 is 1.46 bits per heavy atom. The Hall–Kier alpha value is -1.29. The lowest BCUT2D eigenvalue weighted by Crippen LogP contribution is -2.29. The molecule has 1 aliphatic carbocycles. The van der Waals surface area contributed by atoms with Crippen LogP contribution in [0, 0.1) is 5.92 Å². The van der Waals surface area contributed by atoms with Gasteiger partial charge >= 0.3 is 0 Å². The maximum atomic E-state index is 11.2. The minimum absolute atomic E-state index is 0. The lowest BCUT2D eigenvalue weighted by Gasteiger charge is -2.14. The fourth-order valence-electron chi connectivity index (χ4n) is 1.44. The second-order valence-corrected chi connectivity index (χ2v) is 2.82. The minimum Gasteiger partial charge on any atom is -0.294 e. The third kappa shape index (κ3) is 1.33. The average molecular weight is 201 g/mol. The smallest absolute Gasteiger partial charge is 0.255 e. The molecule has 0 aromatic heterocycles. The summed E-state index contributed by atoms with van der Waals surface area (Å²) in [6, 6.07) is 0. The highest BCUT2D eigenvalue weighted by molar-refractivity contribution is 6.11. The highest BCUT2D eigenvalue weighted by Crippen LogP contribution is 2.24. The standard InChI is InChI=1S/C8H8N2O2.ClH/c1-10-5-3-2-4-6(11)7(5)8(12)9-10;/h2-4,7H,1H3,(H,9,12);1H. The van der Waals surface area contributed by atoms with Gasteiger partial charge in [0, 0.05) is 7.05 Å². The number of hydrazine groups is 1. The van der Waals surface area contributed by atoms with Crippen LogP contribution in [-0.4, -0.2) is 23.7 Å². The number of hydrogen-bond donors (Lipinski definition) is 1. The Morgan fingerprint density at radius 3 is 2.77 bits per heavy atom. The van der Waals surface area contributed by atoms with E-state index >= 15 is 0 Å². The van der Waals surface area contributed by atoms with Crippen LogP contribution in [-0.2, 0) is 9.59 Å². The van der Waals surface area contributed by atoms with Crippen molar-refractivity contribution in [2.75, 3.05) is 7.05 Å². The Labute approximate surface area is 81.7 Å². The summed E-state index contributed by atoms with van der Waals surface area (Å²) >= 11 is 0. The molecule has 5 heteroatoms. The van der Waals surface area contributed by atoms with E-state index in [4.69, 9.17) is 0 Å². The van der Waals surface area contributed by atoms with Gasteiger partial charge in [-0.3, -0.25) is 20.0 Å². The average Bonchev–Trinajstić information content (AvgIpc) is 2.29. The molecule has 0 spiro atoms. The van der Waals surface area contributed by atoms with Crippen molar-refractivity contribution in [2.45, 2.75) is 0 Å². The summed E-state index contributed by atoms with van der Waals surface area (Å²) < 4.78 is 0. The number of carbonyl (C=O) groups excluding carboxylic acids is 2. The van der Waals surface area contributed by atoms with Crippen molar-refractivity contribution in [3.8, 4) is 0 Å². The number of nitrogens with one attached hydrogen (secondary N) is 1. The molecule has 1 atom stereocenters. The van der Waals surface area contributed by atoms with Crippen LogP contribution >= 0.6 is 12.4 Å². The van der Waals surface area contributed by atoms with Crippen LogP contribution in [0.1, 0.15) is 0 Å². The lowest BCUT2D eigenvalue weighted by molar-refractivity contribution is -0.128. The summed E-state index contributed by atoms with van der Waals surface area (Å²) in [6.45, 7) is 0. The second-order valence-electron chi connectivity index (χ2n) is 2.82. The molecule has 0 radical (unpaired) electrons. The van der Waals surface area contributed by atoms with Gasteiger partial charge < -0.3 is 0 Å². The van der Waals surface area contributed by atoms with Crippen molar-refractivity contribution in [3.63, 3.8) is 0 Å². The number of hydrogen-bond acceptors (Lipinski definition) is 3. The van der Waals surface area contributed by atoms with Gasteiger partial charge in [-0.2, -0.15) is 0 Å². The number of halogens is 1. The number of allylic oxidation sites excluding steroid dienone is 3. The zero-order valence-corrected chi connectivity index (χ0v) is 7.80. The second kappa shape index (κ2) is 3.22. The van der Waals surface area contributed by atoms with Crippen LogP contribution in [0.25, 0.3) is 0 Å². The van der Waals surface area contributed by atoms with Crippen LogP contribution in [0.3, 0.4) is 0 Å². The van der Waals surface area contributed by atoms with Crippen LogP contribution in [0.5, 0.6) is 0 Å². The molecule has 70 valence electrons. The first-order valence-corrected chi connectivity index (χ1v) is 3.66. The molecule has 0 bridgehead atoms. The van der Waals surface area contributed by atoms with Crippen molar-refractivity contribution in [3.05, 3.63) is 23.9 Å². The van der Waals surface area contributed by atoms with E-state index in [1.807, 2.05) is 0 Å². The summed E-state index contributed by atoms with van der Waals surface area (Å²) in [5, 5.41) is 1.58. The molecule has 13 heavy (non-hydrogen) atoms. The molecule has 1 amide bonds. The third-order valence-corrected chi connectivity index (χ3v) is 2.04. The first kappa shape index (κ1) is 9.80. The largest absolute Gasteiger partial charge is 0.294 e. The van der Waals surface area contributed by atoms with Crippen molar-refractivity contribution in [2.24, 2.45) is 5.92 Å². The van der Waals surface area contributed by atoms with Crippen LogP contribution in [0.2, 0.25) is 0 Å². The van der Waals surface area contributed by atoms with E-state index in [-0.39, 0.29) is 24.1 Å². The Balaban J connectivity index is 0.000000845. The van der Waals surface area contributed by atoms with Gasteiger partial charge in [-0.05, 0) is 12.2 Å². The summed E-state index contributed by atoms with van der Waals surface area (Å²) in [4.78, 5) is 22.4. The zero-order valence-electron chi connectivity index (χ0n) is 6.98. The maximum Gasteiger partial charge on any atom is 0.255 e. The molecule has 0 aromatic carbocycles. The molecule has 0 saturated carbocycles. The van der Waals surface area contributed by atoms with Gasteiger partial charge in [-0.15, -0.1) is 12.4 Å². The van der Waals surface area contributed by atoms with Crippen molar-refractivity contribution in [1.82, 2.24) is 10.4 Å². The molecular weight excluding hydrogens is 192 g/mol. The van der Waals surface area contributed by atoms with Crippen LogP contribution < -0.4 is 5.43 Å². The Bertz CT molecular complexity index is 322. The molecule has 0 aromatic rings. The normalized spacial score (nSPS) is 24.8. The van der Waals surface area contributed by atoms with E-state index in [9.17, 15) is 9.59 Å². The minimum atomic E-state index is -0.611. The highest BCUT2D eigenvalue weighted by Gasteiger charge is 2.38. The topological polar surface area (TPSA) is 49.4 Å². The van der Waals surface area contributed by atoms with E-state index in [0.29, 0.717) is 0 Å². The molecule has 1 unspecified atom stereocenters. The van der Waals surface area contributed by atoms with Crippen molar-refractivity contribution < 1.29 is 9.59 Å². The summed E-state index contributed by atoms with van der Waals surface area (Å²) in [6.07, 6.45) is 4.85. The number of fused-ring (bicyclic) bond motifs is 1. The van der Waals surface area contributed by atoms with E-state index in [0.717, 1.165) is 5.70 Å². The SMILES string of the molecule is CN1NC(=O)C2C(=O)C=CC=C21.Cl. The van der Waals surface area contributed by atoms with Crippen LogP contribution in [0.4, 0.5) is 0 Å². The van der Waals surface area contributed by atoms with Crippen LogP contribution in [0.15, 0.2) is 23.9 Å². The first-order valence-electron chi connectivity index (χ1n) is 3.66. The Kier molecular flexibility index (Phi) is 2.43. The van der Waals surface area contributed by atoms with Gasteiger partial charge in [0.2, 0.25) is 0 Å². The summed E-state index contributed by atoms with van der Waals surface area (Å²) in [7, 11) is 1.72. The number of nitrogens with zero attached hydrogens (tertiary/aromatic N) is 1. The third-order valence-electron chi connectivity index (χ3n) is 2.04. The molecule has 1 N–H and O–H groups in total. The number of rotatable bonds is 0. The molecule has 1 heterocycles. The number of carbonyl (C=O) groups is 2. The van der Waals surface area contributed by atoms with Gasteiger partial charge in [0.15, 0.2) is 5.78 Å². The van der Waals surface area contributed by atoms with Gasteiger partial charge in [0.25, 0.3) is 5.91 Å². The van der Waals surface area contributed by atoms with Crippen molar-refractivity contribution in [1.29, 1.82) is 0 Å². The monoisotopic (exact) mass is 200 g/mol. The van der Waals surface area contributed by atoms with E-state index in [2.05, 4.69) is 5.43 Å². The van der Waals surface area contributed by atoms with E-state index in [1.165, 1.54) is 6.08 Å². The predicted octanol–water partition coefficient (Wildman–Crippen LogP) is 0.0238. The van der Waals surface area contributed by atoms with Gasteiger partial charge in [0.05, 0.1) is 5.70 Å². The van der Waals surface area contributed by atoms with Gasteiger partial charge in [-0.1, -0.05) is 6.08 Å². The maximum absolute atomic E-state index is 11.2. The van der Waals surface area contributed by atoms with Gasteiger partial charge in [-0.25, -0.2) is 0 Å².